The van der Waals surface area contributed by atoms with E-state index in [1.54, 1.807) is 29.5 Å². The van der Waals surface area contributed by atoms with Gasteiger partial charge in [-0.05, 0) is 51.7 Å². The highest BCUT2D eigenvalue weighted by Crippen LogP contribution is 2.21. The molecule has 29 heavy (non-hydrogen) atoms. The Morgan fingerprint density at radius 2 is 2.21 bits per heavy atom. The maximum absolute atomic E-state index is 12.4. The van der Waals surface area contributed by atoms with E-state index in [2.05, 4.69) is 26.9 Å². The van der Waals surface area contributed by atoms with Crippen LogP contribution in [0.2, 0.25) is 0 Å². The number of aromatic nitrogens is 4. The summed E-state index contributed by atoms with van der Waals surface area (Å²) in [5.41, 5.74) is 6.37. The lowest BCUT2D eigenvalue weighted by Gasteiger charge is -2.26. The van der Waals surface area contributed by atoms with Crippen molar-refractivity contribution in [1.82, 2.24) is 24.5 Å². The van der Waals surface area contributed by atoms with Crippen LogP contribution in [-0.2, 0) is 4.74 Å². The molecule has 2 N–H and O–H groups in total. The van der Waals surface area contributed by atoms with Gasteiger partial charge >= 0.3 is 6.09 Å². The molecule has 1 atom stereocenters. The first-order chi connectivity index (χ1) is 13.8. The maximum Gasteiger partial charge on any atom is 0.411 e. The van der Waals surface area contributed by atoms with Crippen molar-refractivity contribution in [2.24, 2.45) is 0 Å². The summed E-state index contributed by atoms with van der Waals surface area (Å²) in [7, 11) is 0. The molecule has 150 valence electrons. The number of anilines is 1. The van der Waals surface area contributed by atoms with Gasteiger partial charge < -0.3 is 14.9 Å². The van der Waals surface area contributed by atoms with Crippen molar-refractivity contribution in [1.29, 1.82) is 0 Å². The summed E-state index contributed by atoms with van der Waals surface area (Å²) in [5.74, 6) is 7.31. The smallest absolute Gasteiger partial charge is 0.411 e. The molecule has 4 heterocycles. The Morgan fingerprint density at radius 3 is 2.93 bits per heavy atom. The second-order valence-corrected chi connectivity index (χ2v) is 7.79. The minimum absolute atomic E-state index is 0.220. The Kier molecular flexibility index (Phi) is 4.62. The number of hydrogen-bond acceptors (Lipinski definition) is 7. The van der Waals surface area contributed by atoms with E-state index in [-0.39, 0.29) is 18.0 Å². The predicted octanol–water partition coefficient (Wildman–Crippen LogP) is 2.72. The average Bonchev–Trinajstić information content (AvgIpc) is 3.37. The summed E-state index contributed by atoms with van der Waals surface area (Å²) in [5, 5.41) is 4.38. The lowest BCUT2D eigenvalue weighted by Crippen LogP contribution is -2.39. The minimum Gasteiger partial charge on any atom is -0.461 e. The summed E-state index contributed by atoms with van der Waals surface area (Å²) >= 11 is 0. The van der Waals surface area contributed by atoms with Crippen molar-refractivity contribution in [3.05, 3.63) is 30.3 Å². The van der Waals surface area contributed by atoms with Gasteiger partial charge in [0.2, 0.25) is 5.82 Å². The largest absolute Gasteiger partial charge is 0.461 e. The van der Waals surface area contributed by atoms with Crippen LogP contribution >= 0.6 is 0 Å². The Morgan fingerprint density at radius 1 is 1.38 bits per heavy atom. The SMILES string of the molecule is CC(C)(C)OC(=O)N1CCCC1C#Cc1cn2nc(-c3ccco3)nc2c(N)n1. The number of amides is 1. The number of rotatable bonds is 1. The molecule has 0 aliphatic carbocycles. The molecule has 1 aliphatic rings. The molecule has 3 aromatic heterocycles. The lowest BCUT2D eigenvalue weighted by atomic mass is 10.2. The molecule has 0 radical (unpaired) electrons. The van der Waals surface area contributed by atoms with Crippen LogP contribution in [0.25, 0.3) is 17.2 Å². The number of carbonyl (C=O) groups excluding carboxylic acids is 1. The zero-order valence-electron chi connectivity index (χ0n) is 16.5. The van der Waals surface area contributed by atoms with Crippen LogP contribution in [0.5, 0.6) is 0 Å². The maximum atomic E-state index is 12.4. The highest BCUT2D eigenvalue weighted by atomic mass is 16.6. The van der Waals surface area contributed by atoms with Gasteiger partial charge in [0.25, 0.3) is 0 Å². The van der Waals surface area contributed by atoms with Crippen LogP contribution in [0.15, 0.2) is 29.0 Å². The molecule has 1 fully saturated rings. The quantitative estimate of drug-likeness (QED) is 0.632. The molecule has 0 spiro atoms. The highest BCUT2D eigenvalue weighted by molar-refractivity contribution is 5.69. The number of ether oxygens (including phenoxy) is 1. The van der Waals surface area contributed by atoms with Crippen molar-refractivity contribution in [3.8, 4) is 23.4 Å². The molecule has 1 aliphatic heterocycles. The molecule has 1 unspecified atom stereocenters. The molecular formula is C20H22N6O3. The molecule has 1 saturated heterocycles. The van der Waals surface area contributed by atoms with E-state index in [0.29, 0.717) is 29.5 Å². The summed E-state index contributed by atoms with van der Waals surface area (Å²) in [6, 6.07) is 3.31. The summed E-state index contributed by atoms with van der Waals surface area (Å²) in [4.78, 5) is 22.7. The third-order valence-corrected chi connectivity index (χ3v) is 4.34. The Bertz CT molecular complexity index is 1100. The van der Waals surface area contributed by atoms with Gasteiger partial charge in [-0.2, -0.15) is 0 Å². The van der Waals surface area contributed by atoms with Crippen LogP contribution < -0.4 is 5.73 Å². The number of furan rings is 1. The van der Waals surface area contributed by atoms with Gasteiger partial charge in [-0.25, -0.2) is 19.3 Å². The summed E-state index contributed by atoms with van der Waals surface area (Å²) < 4.78 is 12.3. The van der Waals surface area contributed by atoms with Gasteiger partial charge in [0.05, 0.1) is 18.5 Å². The fourth-order valence-electron chi connectivity index (χ4n) is 3.10. The second-order valence-electron chi connectivity index (χ2n) is 7.79. The number of carbonyl (C=O) groups is 1. The van der Waals surface area contributed by atoms with Crippen molar-refractivity contribution < 1.29 is 13.9 Å². The zero-order valence-corrected chi connectivity index (χ0v) is 16.5. The van der Waals surface area contributed by atoms with Crippen LogP contribution in [-0.4, -0.2) is 48.8 Å². The molecule has 1 amide bonds. The Hall–Kier alpha value is -3.54. The van der Waals surface area contributed by atoms with Crippen molar-refractivity contribution in [2.45, 2.75) is 45.3 Å². The monoisotopic (exact) mass is 394 g/mol. The molecular weight excluding hydrogens is 372 g/mol. The Balaban J connectivity index is 1.58. The van der Waals surface area contributed by atoms with E-state index >= 15 is 0 Å². The number of nitrogen functional groups attached to an aromatic ring is 1. The van der Waals surface area contributed by atoms with E-state index in [0.717, 1.165) is 12.8 Å². The molecule has 3 aromatic rings. The Labute approximate surface area is 167 Å². The molecule has 0 saturated carbocycles. The zero-order chi connectivity index (χ0) is 20.6. The van der Waals surface area contributed by atoms with Crippen LogP contribution in [0, 0.1) is 11.8 Å². The van der Waals surface area contributed by atoms with E-state index in [1.807, 2.05) is 20.8 Å². The highest BCUT2D eigenvalue weighted by Gasteiger charge is 2.31. The average molecular weight is 394 g/mol. The number of nitrogens with two attached hydrogens (primary N) is 1. The molecule has 4 rings (SSSR count). The fourth-order valence-corrected chi connectivity index (χ4v) is 3.10. The van der Waals surface area contributed by atoms with Crippen LogP contribution in [0.3, 0.4) is 0 Å². The van der Waals surface area contributed by atoms with E-state index in [9.17, 15) is 4.79 Å². The topological polar surface area (TPSA) is 112 Å². The third kappa shape index (κ3) is 4.01. The normalized spacial score (nSPS) is 16.7. The number of hydrogen-bond donors (Lipinski definition) is 1. The molecule has 9 nitrogen and oxygen atoms in total. The van der Waals surface area contributed by atoms with Gasteiger partial charge in [-0.15, -0.1) is 5.10 Å². The number of fused-ring (bicyclic) bond motifs is 1. The van der Waals surface area contributed by atoms with Crippen LogP contribution in [0.4, 0.5) is 10.6 Å². The van der Waals surface area contributed by atoms with Crippen molar-refractivity contribution in [2.75, 3.05) is 12.3 Å². The van der Waals surface area contributed by atoms with Gasteiger partial charge in [0, 0.05) is 6.54 Å². The lowest BCUT2D eigenvalue weighted by molar-refractivity contribution is 0.0261. The van der Waals surface area contributed by atoms with E-state index < -0.39 is 5.60 Å². The molecule has 9 heteroatoms. The number of likely N-dealkylation sites (tertiary alicyclic amines) is 1. The first-order valence-corrected chi connectivity index (χ1v) is 9.38. The fraction of sp³-hybridized carbons (Fsp3) is 0.400. The van der Waals surface area contributed by atoms with Crippen molar-refractivity contribution in [3.63, 3.8) is 0 Å². The first kappa shape index (κ1) is 18.8. The van der Waals surface area contributed by atoms with Gasteiger partial charge in [0.1, 0.15) is 11.3 Å². The number of nitrogens with zero attached hydrogens (tertiary/aromatic N) is 5. The summed E-state index contributed by atoms with van der Waals surface area (Å²) in [6.07, 6.45) is 4.53. The predicted molar refractivity (Wildman–Crippen MR) is 106 cm³/mol. The molecule has 0 bridgehead atoms. The van der Waals surface area contributed by atoms with Crippen LogP contribution in [0.1, 0.15) is 39.3 Å². The first-order valence-electron chi connectivity index (χ1n) is 9.38. The standard InChI is InChI=1S/C20H22N6O3/c1-20(2,3)29-19(27)25-10-4-6-14(25)9-8-13-12-26-18(16(21)22-13)23-17(24-26)15-7-5-11-28-15/h5,7,11-12,14H,4,6,10H2,1-3H3,(H2,21,22). The van der Waals surface area contributed by atoms with E-state index in [1.165, 1.54) is 4.52 Å². The molecule has 0 aromatic carbocycles. The third-order valence-electron chi connectivity index (χ3n) is 4.34. The minimum atomic E-state index is -0.544. The van der Waals surface area contributed by atoms with Gasteiger partial charge in [0.15, 0.2) is 17.2 Å². The second kappa shape index (κ2) is 7.13. The van der Waals surface area contributed by atoms with Crippen molar-refractivity contribution >= 4 is 17.6 Å². The van der Waals surface area contributed by atoms with E-state index in [4.69, 9.17) is 14.9 Å². The van der Waals surface area contributed by atoms with Gasteiger partial charge in [-0.1, -0.05) is 5.92 Å². The van der Waals surface area contributed by atoms with Gasteiger partial charge in [-0.3, -0.25) is 4.90 Å². The summed E-state index contributed by atoms with van der Waals surface area (Å²) in [6.45, 7) is 6.16.